The highest BCUT2D eigenvalue weighted by molar-refractivity contribution is 7.99. The van der Waals surface area contributed by atoms with E-state index < -0.39 is 12.6 Å². The van der Waals surface area contributed by atoms with Crippen molar-refractivity contribution in [1.82, 2.24) is 5.32 Å². The Bertz CT molecular complexity index is 127. The third-order valence-corrected chi connectivity index (χ3v) is 2.75. The van der Waals surface area contributed by atoms with Gasteiger partial charge in [-0.25, -0.2) is 0 Å². The minimum Gasteiger partial charge on any atom is -0.316 e. The first-order valence-electron chi connectivity index (χ1n) is 4.31. The summed E-state index contributed by atoms with van der Waals surface area (Å²) in [6.07, 6.45) is -4.54. The highest BCUT2D eigenvalue weighted by Gasteiger charge is 2.27. The van der Waals surface area contributed by atoms with Gasteiger partial charge in [0.1, 0.15) is 0 Å². The Balaban J connectivity index is 3.59. The second-order valence-electron chi connectivity index (χ2n) is 2.80. The van der Waals surface area contributed by atoms with E-state index in [0.717, 1.165) is 11.5 Å². The molecule has 0 amide bonds. The lowest BCUT2D eigenvalue weighted by Crippen LogP contribution is -2.29. The van der Waals surface area contributed by atoms with Gasteiger partial charge in [0.15, 0.2) is 0 Å². The Labute approximate surface area is 81.5 Å². The Kier molecular flexibility index (Phi) is 6.59. The second-order valence-corrected chi connectivity index (χ2v) is 4.12. The van der Waals surface area contributed by atoms with Crippen molar-refractivity contribution in [3.63, 3.8) is 0 Å². The minimum atomic E-state index is -4.02. The number of alkyl halides is 3. The van der Waals surface area contributed by atoms with Crippen LogP contribution in [0.4, 0.5) is 13.2 Å². The van der Waals surface area contributed by atoms with Crippen LogP contribution in [0, 0.1) is 0 Å². The van der Waals surface area contributed by atoms with E-state index in [1.54, 1.807) is 18.8 Å². The monoisotopic (exact) mass is 215 g/mol. The van der Waals surface area contributed by atoms with Gasteiger partial charge < -0.3 is 5.32 Å². The molecule has 0 aliphatic rings. The quantitative estimate of drug-likeness (QED) is 0.731. The van der Waals surface area contributed by atoms with E-state index in [4.69, 9.17) is 0 Å². The molecule has 0 fully saturated rings. The SMILES string of the molecule is CCSCC(CCC(F)(F)F)NC. The van der Waals surface area contributed by atoms with Crippen molar-refractivity contribution >= 4 is 11.8 Å². The van der Waals surface area contributed by atoms with E-state index >= 15 is 0 Å². The van der Waals surface area contributed by atoms with Gasteiger partial charge in [0, 0.05) is 18.2 Å². The minimum absolute atomic E-state index is 0.0217. The Morgan fingerprint density at radius 3 is 2.38 bits per heavy atom. The number of halogens is 3. The molecule has 0 spiro atoms. The molecule has 80 valence electrons. The lowest BCUT2D eigenvalue weighted by Gasteiger charge is -2.16. The second kappa shape index (κ2) is 6.54. The fraction of sp³-hybridized carbons (Fsp3) is 1.00. The molecule has 0 radical (unpaired) electrons. The van der Waals surface area contributed by atoms with Crippen molar-refractivity contribution in [2.75, 3.05) is 18.6 Å². The van der Waals surface area contributed by atoms with Crippen molar-refractivity contribution < 1.29 is 13.2 Å². The molecule has 0 saturated carbocycles. The maximum absolute atomic E-state index is 11.8. The molecule has 13 heavy (non-hydrogen) atoms. The molecule has 0 rings (SSSR count). The molecular formula is C8H16F3NS. The summed E-state index contributed by atoms with van der Waals surface area (Å²) in [5.74, 6) is 1.70. The summed E-state index contributed by atoms with van der Waals surface area (Å²) >= 11 is 1.66. The number of rotatable bonds is 6. The molecule has 0 heterocycles. The molecule has 5 heteroatoms. The number of hydrogen-bond donors (Lipinski definition) is 1. The van der Waals surface area contributed by atoms with Crippen LogP contribution in [0.25, 0.3) is 0 Å². The normalized spacial score (nSPS) is 14.5. The van der Waals surface area contributed by atoms with E-state index in [1.165, 1.54) is 0 Å². The van der Waals surface area contributed by atoms with Crippen molar-refractivity contribution in [2.45, 2.75) is 32.0 Å². The van der Waals surface area contributed by atoms with Gasteiger partial charge in [0.25, 0.3) is 0 Å². The smallest absolute Gasteiger partial charge is 0.316 e. The maximum atomic E-state index is 11.8. The molecule has 0 aromatic rings. The van der Waals surface area contributed by atoms with Crippen LogP contribution >= 0.6 is 11.8 Å². The molecule has 1 nitrogen and oxygen atoms in total. The summed E-state index contributed by atoms with van der Waals surface area (Å²) in [6, 6.07) is -0.0217. The van der Waals surface area contributed by atoms with Gasteiger partial charge in [0.2, 0.25) is 0 Å². The third-order valence-electron chi connectivity index (χ3n) is 1.71. The zero-order valence-corrected chi connectivity index (χ0v) is 8.76. The molecule has 0 aromatic carbocycles. The van der Waals surface area contributed by atoms with Gasteiger partial charge in [-0.3, -0.25) is 0 Å². The molecule has 1 atom stereocenters. The van der Waals surface area contributed by atoms with Crippen molar-refractivity contribution in [3.8, 4) is 0 Å². The molecular weight excluding hydrogens is 199 g/mol. The molecule has 1 N–H and O–H groups in total. The number of hydrogen-bond acceptors (Lipinski definition) is 2. The van der Waals surface area contributed by atoms with E-state index in [9.17, 15) is 13.2 Å². The van der Waals surface area contributed by atoms with Crippen LogP contribution in [-0.2, 0) is 0 Å². The van der Waals surface area contributed by atoms with E-state index in [2.05, 4.69) is 5.32 Å². The first-order valence-corrected chi connectivity index (χ1v) is 5.46. The average molecular weight is 215 g/mol. The van der Waals surface area contributed by atoms with Crippen molar-refractivity contribution in [3.05, 3.63) is 0 Å². The van der Waals surface area contributed by atoms with Crippen LogP contribution in [-0.4, -0.2) is 30.8 Å². The van der Waals surface area contributed by atoms with E-state index in [0.29, 0.717) is 0 Å². The van der Waals surface area contributed by atoms with Crippen LogP contribution in [0.2, 0.25) is 0 Å². The third kappa shape index (κ3) is 8.43. The molecule has 0 saturated heterocycles. The zero-order chi connectivity index (χ0) is 10.3. The van der Waals surface area contributed by atoms with Crippen molar-refractivity contribution in [1.29, 1.82) is 0 Å². The summed E-state index contributed by atoms with van der Waals surface area (Å²) in [4.78, 5) is 0. The number of nitrogens with one attached hydrogen (secondary N) is 1. The van der Waals surface area contributed by atoms with Gasteiger partial charge in [-0.05, 0) is 19.2 Å². The molecule has 0 bridgehead atoms. The zero-order valence-electron chi connectivity index (χ0n) is 7.95. The molecule has 0 aliphatic carbocycles. The van der Waals surface area contributed by atoms with Crippen LogP contribution < -0.4 is 5.32 Å². The first-order chi connectivity index (χ1) is 5.99. The summed E-state index contributed by atoms with van der Waals surface area (Å²) in [7, 11) is 1.71. The first kappa shape index (κ1) is 13.1. The van der Waals surface area contributed by atoms with Crippen LogP contribution in [0.3, 0.4) is 0 Å². The fourth-order valence-electron chi connectivity index (χ4n) is 0.909. The Hall–Kier alpha value is 0.1000. The molecule has 0 aromatic heterocycles. The summed E-state index contributed by atoms with van der Waals surface area (Å²) in [6.45, 7) is 2.00. The maximum Gasteiger partial charge on any atom is 0.389 e. The predicted octanol–water partition coefficient (Wildman–Crippen LogP) is 2.67. The van der Waals surface area contributed by atoms with Crippen LogP contribution in [0.15, 0.2) is 0 Å². The largest absolute Gasteiger partial charge is 0.389 e. The topological polar surface area (TPSA) is 12.0 Å². The van der Waals surface area contributed by atoms with E-state index in [-0.39, 0.29) is 12.5 Å². The van der Waals surface area contributed by atoms with Gasteiger partial charge in [-0.1, -0.05) is 6.92 Å². The summed E-state index contributed by atoms with van der Waals surface area (Å²) in [5.41, 5.74) is 0. The van der Waals surface area contributed by atoms with Gasteiger partial charge in [0.05, 0.1) is 0 Å². The Morgan fingerprint density at radius 2 is 2.00 bits per heavy atom. The van der Waals surface area contributed by atoms with Crippen molar-refractivity contribution in [2.24, 2.45) is 0 Å². The number of thioether (sulfide) groups is 1. The average Bonchev–Trinajstić information content (AvgIpc) is 2.03. The van der Waals surface area contributed by atoms with Crippen LogP contribution in [0.1, 0.15) is 19.8 Å². The van der Waals surface area contributed by atoms with Gasteiger partial charge in [-0.2, -0.15) is 24.9 Å². The highest BCUT2D eigenvalue weighted by atomic mass is 32.2. The summed E-state index contributed by atoms with van der Waals surface area (Å²) < 4.78 is 35.5. The van der Waals surface area contributed by atoms with Crippen LogP contribution in [0.5, 0.6) is 0 Å². The standard InChI is InChI=1S/C8H16F3NS/c1-3-13-6-7(12-2)4-5-8(9,10)11/h7,12H,3-6H2,1-2H3. The molecule has 1 unspecified atom stereocenters. The lowest BCUT2D eigenvalue weighted by molar-refractivity contribution is -0.136. The Morgan fingerprint density at radius 1 is 1.38 bits per heavy atom. The van der Waals surface area contributed by atoms with E-state index in [1.807, 2.05) is 6.92 Å². The lowest BCUT2D eigenvalue weighted by atomic mass is 10.2. The van der Waals surface area contributed by atoms with Gasteiger partial charge >= 0.3 is 6.18 Å². The highest BCUT2D eigenvalue weighted by Crippen LogP contribution is 2.22. The fourth-order valence-corrected chi connectivity index (χ4v) is 1.76. The summed E-state index contributed by atoms with van der Waals surface area (Å²) in [5, 5.41) is 2.89. The molecule has 0 aliphatic heterocycles. The van der Waals surface area contributed by atoms with Gasteiger partial charge in [-0.15, -0.1) is 0 Å². The predicted molar refractivity (Wildman–Crippen MR) is 51.1 cm³/mol.